The number of rotatable bonds is 4. The van der Waals surface area contributed by atoms with E-state index in [4.69, 9.17) is 5.73 Å². The maximum absolute atomic E-state index is 13.0. The zero-order valence-corrected chi connectivity index (χ0v) is 18.3. The molecule has 1 aliphatic rings. The van der Waals surface area contributed by atoms with Gasteiger partial charge in [0.15, 0.2) is 0 Å². The lowest BCUT2D eigenvalue weighted by Gasteiger charge is -2.20. The lowest BCUT2D eigenvalue weighted by molar-refractivity contribution is -0.110. The third kappa shape index (κ3) is 3.44. The summed E-state index contributed by atoms with van der Waals surface area (Å²) >= 11 is 0. The first-order chi connectivity index (χ1) is 15.3. The standard InChI is InChI=1S/C26H25N5O/c1-26(2,27)17-9-11-18(12-10-17)29-24(16-8-13-22-21(14-16)28-15-31(22)3)23-19-6-4-5-7-20(19)30-25(23)32/h4-15,29H,27H2,1-3H3,(H,30,32)/b24-23-. The third-order valence-corrected chi connectivity index (χ3v) is 5.83. The van der Waals surface area contributed by atoms with Crippen LogP contribution < -0.4 is 16.4 Å². The minimum atomic E-state index is -0.423. The van der Waals surface area contributed by atoms with Crippen molar-refractivity contribution in [1.82, 2.24) is 9.55 Å². The van der Waals surface area contributed by atoms with E-state index in [1.165, 1.54) is 0 Å². The van der Waals surface area contributed by atoms with Gasteiger partial charge in [-0.25, -0.2) is 4.98 Å². The second-order valence-electron chi connectivity index (χ2n) is 8.73. The largest absolute Gasteiger partial charge is 0.354 e. The lowest BCUT2D eigenvalue weighted by atomic mass is 9.95. The van der Waals surface area contributed by atoms with E-state index in [0.717, 1.165) is 44.8 Å². The van der Waals surface area contributed by atoms with Crippen molar-refractivity contribution in [3.05, 3.63) is 89.7 Å². The fourth-order valence-electron chi connectivity index (χ4n) is 4.06. The van der Waals surface area contributed by atoms with Crippen molar-refractivity contribution in [2.45, 2.75) is 19.4 Å². The number of nitrogens with one attached hydrogen (secondary N) is 2. The van der Waals surface area contributed by atoms with Gasteiger partial charge >= 0.3 is 0 Å². The van der Waals surface area contributed by atoms with Gasteiger partial charge in [-0.2, -0.15) is 0 Å². The zero-order chi connectivity index (χ0) is 22.5. The van der Waals surface area contributed by atoms with E-state index < -0.39 is 5.54 Å². The van der Waals surface area contributed by atoms with Crippen LogP contribution >= 0.6 is 0 Å². The number of anilines is 2. The smallest absolute Gasteiger partial charge is 0.258 e. The van der Waals surface area contributed by atoms with Crippen molar-refractivity contribution in [3.8, 4) is 0 Å². The molecule has 160 valence electrons. The van der Waals surface area contributed by atoms with Crippen LogP contribution in [0.25, 0.3) is 22.3 Å². The number of nitrogens with two attached hydrogens (primary N) is 1. The maximum Gasteiger partial charge on any atom is 0.258 e. The Labute approximate surface area is 186 Å². The number of nitrogens with zero attached hydrogens (tertiary/aromatic N) is 2. The SMILES string of the molecule is Cn1cnc2cc(/C(Nc3ccc(C(C)(C)N)cc3)=C3/C(=O)Nc4ccccc43)ccc21. The summed E-state index contributed by atoms with van der Waals surface area (Å²) in [7, 11) is 1.97. The molecule has 6 heteroatoms. The predicted octanol–water partition coefficient (Wildman–Crippen LogP) is 4.70. The van der Waals surface area contributed by atoms with Gasteiger partial charge in [0.25, 0.3) is 5.91 Å². The number of hydrogen-bond donors (Lipinski definition) is 3. The Morgan fingerprint density at radius 2 is 1.81 bits per heavy atom. The van der Waals surface area contributed by atoms with E-state index >= 15 is 0 Å². The highest BCUT2D eigenvalue weighted by molar-refractivity contribution is 6.37. The van der Waals surface area contributed by atoms with Gasteiger partial charge in [-0.15, -0.1) is 0 Å². The molecule has 0 spiro atoms. The summed E-state index contributed by atoms with van der Waals surface area (Å²) in [6.07, 6.45) is 1.79. The molecule has 0 saturated carbocycles. The number of hydrogen-bond acceptors (Lipinski definition) is 4. The summed E-state index contributed by atoms with van der Waals surface area (Å²) in [6, 6.07) is 21.8. The van der Waals surface area contributed by atoms with Crippen LogP contribution in [0.2, 0.25) is 0 Å². The van der Waals surface area contributed by atoms with Crippen LogP contribution in [0.1, 0.15) is 30.5 Å². The maximum atomic E-state index is 13.0. The number of carbonyl (C=O) groups excluding carboxylic acids is 1. The Morgan fingerprint density at radius 1 is 1.06 bits per heavy atom. The van der Waals surface area contributed by atoms with Crippen LogP contribution in [-0.4, -0.2) is 15.5 Å². The molecule has 0 saturated heterocycles. The van der Waals surface area contributed by atoms with Crippen molar-refractivity contribution in [2.75, 3.05) is 10.6 Å². The molecule has 1 aliphatic heterocycles. The summed E-state index contributed by atoms with van der Waals surface area (Å²) < 4.78 is 1.98. The number of para-hydroxylation sites is 1. The Bertz CT molecular complexity index is 1370. The van der Waals surface area contributed by atoms with Gasteiger partial charge in [0.1, 0.15) is 0 Å². The molecule has 32 heavy (non-hydrogen) atoms. The van der Waals surface area contributed by atoms with Crippen molar-refractivity contribution >= 4 is 39.6 Å². The number of amides is 1. The molecule has 0 unspecified atom stereocenters. The van der Waals surface area contributed by atoms with E-state index in [-0.39, 0.29) is 5.91 Å². The topological polar surface area (TPSA) is 85.0 Å². The fourth-order valence-corrected chi connectivity index (χ4v) is 4.06. The number of fused-ring (bicyclic) bond motifs is 2. The average Bonchev–Trinajstić information content (AvgIpc) is 3.30. The van der Waals surface area contributed by atoms with E-state index in [2.05, 4.69) is 15.6 Å². The normalized spacial score (nSPS) is 14.9. The summed E-state index contributed by atoms with van der Waals surface area (Å²) in [5.41, 5.74) is 13.5. The van der Waals surface area contributed by atoms with Crippen LogP contribution in [0.5, 0.6) is 0 Å². The van der Waals surface area contributed by atoms with E-state index in [1.54, 1.807) is 6.33 Å². The van der Waals surface area contributed by atoms with Crippen molar-refractivity contribution < 1.29 is 4.79 Å². The Morgan fingerprint density at radius 3 is 2.56 bits per heavy atom. The van der Waals surface area contributed by atoms with E-state index in [1.807, 2.05) is 92.2 Å². The monoisotopic (exact) mass is 423 g/mol. The van der Waals surface area contributed by atoms with E-state index in [9.17, 15) is 4.79 Å². The fraction of sp³-hybridized carbons (Fsp3) is 0.154. The number of imidazole rings is 1. The summed E-state index contributed by atoms with van der Waals surface area (Å²) in [5, 5.41) is 6.48. The highest BCUT2D eigenvalue weighted by atomic mass is 16.2. The molecule has 4 aromatic rings. The number of benzene rings is 3. The highest BCUT2D eigenvalue weighted by Gasteiger charge is 2.28. The van der Waals surface area contributed by atoms with Gasteiger partial charge < -0.3 is 20.9 Å². The van der Waals surface area contributed by atoms with Crippen molar-refractivity contribution in [1.29, 1.82) is 0 Å². The number of aromatic nitrogens is 2. The van der Waals surface area contributed by atoms with Gasteiger partial charge in [-0.05, 0) is 49.7 Å². The Hall–Kier alpha value is -3.90. The predicted molar refractivity (Wildman–Crippen MR) is 130 cm³/mol. The highest BCUT2D eigenvalue weighted by Crippen LogP contribution is 2.38. The summed E-state index contributed by atoms with van der Waals surface area (Å²) in [5.74, 6) is -0.130. The van der Waals surface area contributed by atoms with Crippen LogP contribution in [0.4, 0.5) is 11.4 Å². The first-order valence-electron chi connectivity index (χ1n) is 10.5. The first-order valence-corrected chi connectivity index (χ1v) is 10.5. The average molecular weight is 424 g/mol. The second-order valence-corrected chi connectivity index (χ2v) is 8.73. The molecule has 1 aromatic heterocycles. The van der Waals surface area contributed by atoms with Gasteiger partial charge in [-0.3, -0.25) is 4.79 Å². The lowest BCUT2D eigenvalue weighted by Crippen LogP contribution is -2.28. The Balaban J connectivity index is 1.66. The molecule has 0 atom stereocenters. The number of aryl methyl sites for hydroxylation is 1. The minimum absolute atomic E-state index is 0.130. The van der Waals surface area contributed by atoms with Crippen molar-refractivity contribution in [2.24, 2.45) is 12.8 Å². The molecule has 0 bridgehead atoms. The molecular formula is C26H25N5O. The third-order valence-electron chi connectivity index (χ3n) is 5.83. The Kier molecular flexibility index (Phi) is 4.60. The second kappa shape index (κ2) is 7.35. The van der Waals surface area contributed by atoms with Crippen molar-refractivity contribution in [3.63, 3.8) is 0 Å². The van der Waals surface area contributed by atoms with Crippen LogP contribution in [-0.2, 0) is 17.4 Å². The van der Waals surface area contributed by atoms with Crippen LogP contribution in [0.3, 0.4) is 0 Å². The van der Waals surface area contributed by atoms with Gasteiger partial charge in [0.05, 0.1) is 28.6 Å². The zero-order valence-electron chi connectivity index (χ0n) is 18.3. The number of carbonyl (C=O) groups is 1. The molecule has 1 amide bonds. The van der Waals surface area contributed by atoms with Gasteiger partial charge in [-0.1, -0.05) is 36.4 Å². The molecule has 5 rings (SSSR count). The summed E-state index contributed by atoms with van der Waals surface area (Å²) in [4.78, 5) is 17.5. The molecule has 0 radical (unpaired) electrons. The van der Waals surface area contributed by atoms with E-state index in [0.29, 0.717) is 5.57 Å². The van der Waals surface area contributed by atoms with Gasteiger partial charge in [0, 0.05) is 35.1 Å². The van der Waals surface area contributed by atoms with Crippen LogP contribution in [0.15, 0.2) is 73.1 Å². The quantitative estimate of drug-likeness (QED) is 0.416. The molecule has 0 aliphatic carbocycles. The molecule has 4 N–H and O–H groups in total. The first kappa shape index (κ1) is 20.0. The van der Waals surface area contributed by atoms with Crippen LogP contribution in [0, 0.1) is 0 Å². The van der Waals surface area contributed by atoms with Gasteiger partial charge in [0.2, 0.25) is 0 Å². The molecule has 0 fully saturated rings. The molecule has 6 nitrogen and oxygen atoms in total. The molecular weight excluding hydrogens is 398 g/mol. The summed E-state index contributed by atoms with van der Waals surface area (Å²) in [6.45, 7) is 3.95. The molecule has 3 aromatic carbocycles. The minimum Gasteiger partial charge on any atom is -0.354 e. The molecule has 2 heterocycles.